The minimum atomic E-state index is -6.16. The Morgan fingerprint density at radius 3 is 2.17 bits per heavy atom. The Balaban J connectivity index is 1.75. The summed E-state index contributed by atoms with van der Waals surface area (Å²) in [5.74, 6) is -2.66. The Labute approximate surface area is 235 Å². The van der Waals surface area contributed by atoms with Crippen LogP contribution in [0.2, 0.25) is 0 Å². The zero-order chi connectivity index (χ0) is 31.3. The van der Waals surface area contributed by atoms with E-state index in [0.29, 0.717) is 41.8 Å². The Hall–Kier alpha value is -3.40. The number of nitrogens with one attached hydrogen (secondary N) is 1. The molecule has 0 aromatic heterocycles. The van der Waals surface area contributed by atoms with E-state index in [1.807, 2.05) is 0 Å². The number of fused-ring (bicyclic) bond motifs is 1. The number of primary amides is 1. The summed E-state index contributed by atoms with van der Waals surface area (Å²) in [6.45, 7) is 0. The van der Waals surface area contributed by atoms with E-state index in [0.717, 1.165) is 24.3 Å². The molecule has 0 radical (unpaired) electrons. The third-order valence-corrected chi connectivity index (χ3v) is 9.53. The van der Waals surface area contributed by atoms with Crippen LogP contribution in [0, 0.1) is 11.7 Å². The number of alkyl halides is 6. The van der Waals surface area contributed by atoms with Gasteiger partial charge >= 0.3 is 12.4 Å². The van der Waals surface area contributed by atoms with Gasteiger partial charge in [-0.25, -0.2) is 12.8 Å². The van der Waals surface area contributed by atoms with E-state index in [-0.39, 0.29) is 24.1 Å². The number of rotatable bonds is 7. The first-order chi connectivity index (χ1) is 19.4. The van der Waals surface area contributed by atoms with Crippen LogP contribution in [0.15, 0.2) is 47.4 Å². The van der Waals surface area contributed by atoms with E-state index < -0.39 is 80.5 Å². The maximum absolute atomic E-state index is 13.7. The van der Waals surface area contributed by atoms with Crippen molar-refractivity contribution in [2.24, 2.45) is 11.7 Å². The molecule has 1 fully saturated rings. The lowest BCUT2D eigenvalue weighted by atomic mass is 9.87. The molecular formula is C26H26F7N3O5S. The Bertz CT molecular complexity index is 1450. The van der Waals surface area contributed by atoms with E-state index in [1.165, 1.54) is 0 Å². The van der Waals surface area contributed by atoms with Gasteiger partial charge in [-0.2, -0.15) is 26.3 Å². The third-order valence-electron chi connectivity index (χ3n) is 7.65. The van der Waals surface area contributed by atoms with E-state index in [2.05, 4.69) is 5.32 Å². The van der Waals surface area contributed by atoms with Gasteiger partial charge < -0.3 is 16.2 Å². The molecule has 8 nitrogen and oxygen atoms in total. The molecule has 2 aliphatic rings. The molecule has 4 N–H and O–H groups in total. The van der Waals surface area contributed by atoms with Crippen molar-refractivity contribution in [3.05, 3.63) is 59.4 Å². The van der Waals surface area contributed by atoms with Crippen LogP contribution in [0.25, 0.3) is 0 Å². The monoisotopic (exact) mass is 625 g/mol. The van der Waals surface area contributed by atoms with Gasteiger partial charge in [0.15, 0.2) is 0 Å². The van der Waals surface area contributed by atoms with Crippen molar-refractivity contribution in [3.63, 3.8) is 0 Å². The average Bonchev–Trinajstić information content (AvgIpc) is 3.34. The first-order valence-corrected chi connectivity index (χ1v) is 14.2. The second-order valence-corrected chi connectivity index (χ2v) is 12.1. The van der Waals surface area contributed by atoms with Crippen LogP contribution in [0.5, 0.6) is 0 Å². The third kappa shape index (κ3) is 5.65. The molecular weight excluding hydrogens is 599 g/mol. The van der Waals surface area contributed by atoms with Gasteiger partial charge in [0.1, 0.15) is 5.82 Å². The lowest BCUT2D eigenvalue weighted by Crippen LogP contribution is -2.54. The molecule has 0 spiro atoms. The minimum absolute atomic E-state index is 0.204. The number of hydrogen-bond acceptors (Lipinski definition) is 5. The first-order valence-electron chi connectivity index (χ1n) is 12.8. The van der Waals surface area contributed by atoms with Crippen molar-refractivity contribution in [1.29, 1.82) is 0 Å². The Morgan fingerprint density at radius 2 is 1.60 bits per heavy atom. The zero-order valence-electron chi connectivity index (χ0n) is 21.7. The molecule has 16 heteroatoms. The molecule has 2 unspecified atom stereocenters. The van der Waals surface area contributed by atoms with Gasteiger partial charge in [-0.15, -0.1) is 0 Å². The molecule has 2 amide bonds. The molecule has 2 aromatic rings. The van der Waals surface area contributed by atoms with Gasteiger partial charge in [0, 0.05) is 18.0 Å². The lowest BCUT2D eigenvalue weighted by Gasteiger charge is -2.39. The summed E-state index contributed by atoms with van der Waals surface area (Å²) in [5, 5.41) is 12.5. The van der Waals surface area contributed by atoms with Crippen molar-refractivity contribution in [1.82, 2.24) is 5.32 Å². The highest BCUT2D eigenvalue weighted by Crippen LogP contribution is 2.51. The second kappa shape index (κ2) is 11.0. The highest BCUT2D eigenvalue weighted by molar-refractivity contribution is 7.92. The van der Waals surface area contributed by atoms with Gasteiger partial charge in [-0.3, -0.25) is 13.9 Å². The van der Waals surface area contributed by atoms with Crippen LogP contribution in [0.3, 0.4) is 0 Å². The molecule has 1 aliphatic heterocycles. The summed E-state index contributed by atoms with van der Waals surface area (Å²) >= 11 is 0. The Morgan fingerprint density at radius 1 is 0.976 bits per heavy atom. The highest BCUT2D eigenvalue weighted by Gasteiger charge is 2.71. The number of anilines is 1. The number of sulfonamides is 1. The van der Waals surface area contributed by atoms with Gasteiger partial charge in [0.05, 0.1) is 22.5 Å². The number of benzene rings is 2. The minimum Gasteiger partial charge on any atom is -0.369 e. The van der Waals surface area contributed by atoms with Gasteiger partial charge in [0.2, 0.25) is 11.8 Å². The fourth-order valence-corrected chi connectivity index (χ4v) is 7.25. The average molecular weight is 626 g/mol. The molecule has 1 aliphatic carbocycles. The molecule has 0 bridgehead atoms. The maximum atomic E-state index is 13.7. The van der Waals surface area contributed by atoms with Gasteiger partial charge in [-0.05, 0) is 61.6 Å². The fourth-order valence-electron chi connectivity index (χ4n) is 5.53. The van der Waals surface area contributed by atoms with Gasteiger partial charge in [-0.1, -0.05) is 18.6 Å². The Kier molecular flexibility index (Phi) is 8.28. The second-order valence-electron chi connectivity index (χ2n) is 10.3. The molecule has 2 aromatic carbocycles. The summed E-state index contributed by atoms with van der Waals surface area (Å²) < 4.78 is 123. The molecule has 1 saturated carbocycles. The van der Waals surface area contributed by atoms with Crippen LogP contribution in [-0.2, 0) is 31.6 Å². The first kappa shape index (κ1) is 31.5. The van der Waals surface area contributed by atoms with Crippen LogP contribution >= 0.6 is 0 Å². The number of hydrogen-bond donors (Lipinski definition) is 3. The quantitative estimate of drug-likeness (QED) is 0.403. The number of nitrogens with zero attached hydrogens (tertiary/aromatic N) is 1. The summed E-state index contributed by atoms with van der Waals surface area (Å²) in [7, 11) is -4.64. The maximum Gasteiger partial charge on any atom is 0.430 e. The van der Waals surface area contributed by atoms with Crippen LogP contribution in [0.1, 0.15) is 43.2 Å². The van der Waals surface area contributed by atoms with Crippen LogP contribution in [0.4, 0.5) is 36.4 Å². The highest BCUT2D eigenvalue weighted by atomic mass is 32.2. The number of aliphatic hydroxyl groups is 1. The van der Waals surface area contributed by atoms with Crippen molar-refractivity contribution >= 4 is 27.5 Å². The number of halogens is 7. The van der Waals surface area contributed by atoms with Crippen LogP contribution in [-0.4, -0.2) is 49.8 Å². The zero-order valence-corrected chi connectivity index (χ0v) is 22.5. The fraction of sp³-hybridized carbons (Fsp3) is 0.462. The van der Waals surface area contributed by atoms with E-state index in [4.69, 9.17) is 5.73 Å². The molecule has 0 saturated heterocycles. The number of nitrogens with two attached hydrogens (primary N) is 1. The standard InChI is InChI=1S/C26H26F7N3O5S/c27-16-6-9-18(10-7-16)42(40,41)36-17(13-22(37)35-20-3-1-2-19(20)23(34)38)8-4-14-12-15(5-11-21(14)36)24(39,25(28,29)30)26(31,32)33/h5-7,9-12,17,19-20,39H,1-4,8,13H2,(H2,34,38)(H,35,37)/t17-,19?,20?/m0/s1. The summed E-state index contributed by atoms with van der Waals surface area (Å²) in [5.41, 5.74) is -1.97. The van der Waals surface area contributed by atoms with Crippen molar-refractivity contribution in [2.45, 2.75) is 73.5 Å². The summed E-state index contributed by atoms with van der Waals surface area (Å²) in [6.07, 6.45) is -11.7. The molecule has 230 valence electrons. The van der Waals surface area contributed by atoms with E-state index in [9.17, 15) is 53.8 Å². The lowest BCUT2D eigenvalue weighted by molar-refractivity contribution is -0.376. The van der Waals surface area contributed by atoms with Crippen molar-refractivity contribution in [3.8, 4) is 0 Å². The summed E-state index contributed by atoms with van der Waals surface area (Å²) in [6, 6.07) is 3.27. The number of aryl methyl sites for hydroxylation is 1. The number of carbonyl (C=O) groups is 2. The predicted molar refractivity (Wildman–Crippen MR) is 134 cm³/mol. The largest absolute Gasteiger partial charge is 0.430 e. The number of amides is 2. The SMILES string of the molecule is NC(=O)C1CCCC1NC(=O)C[C@@H]1CCc2cc(C(O)(C(F)(F)F)C(F)(F)F)ccc2N1S(=O)(=O)c1ccc(F)cc1. The molecule has 1 heterocycles. The molecule has 42 heavy (non-hydrogen) atoms. The van der Waals surface area contributed by atoms with Gasteiger partial charge in [0.25, 0.3) is 15.6 Å². The predicted octanol–water partition coefficient (Wildman–Crippen LogP) is 3.81. The van der Waals surface area contributed by atoms with Crippen LogP contribution < -0.4 is 15.4 Å². The van der Waals surface area contributed by atoms with Crippen molar-refractivity contribution in [2.75, 3.05) is 4.31 Å². The number of carbonyl (C=O) groups excluding carboxylic acids is 2. The topological polar surface area (TPSA) is 130 Å². The normalized spacial score (nSPS) is 21.6. The smallest absolute Gasteiger partial charge is 0.369 e. The molecule has 3 atom stereocenters. The van der Waals surface area contributed by atoms with Crippen molar-refractivity contribution < 1.29 is 53.8 Å². The summed E-state index contributed by atoms with van der Waals surface area (Å²) in [4.78, 5) is 24.2. The van der Waals surface area contributed by atoms with E-state index in [1.54, 1.807) is 0 Å². The molecule has 4 rings (SSSR count). The van der Waals surface area contributed by atoms with E-state index >= 15 is 0 Å².